The minimum Gasteiger partial charge on any atom is -0.457 e. The fourth-order valence-corrected chi connectivity index (χ4v) is 4.63. The molecule has 0 aliphatic carbocycles. The van der Waals surface area contributed by atoms with Crippen molar-refractivity contribution in [2.45, 2.75) is 23.5 Å². The van der Waals surface area contributed by atoms with Crippen molar-refractivity contribution in [2.75, 3.05) is 0 Å². The molecule has 168 valence electrons. The minimum atomic E-state index is -0.533. The largest absolute Gasteiger partial charge is 0.457 e. The van der Waals surface area contributed by atoms with Crippen LogP contribution in [0.3, 0.4) is 0 Å². The Bertz CT molecular complexity index is 1330. The first kappa shape index (κ1) is 23.4. The van der Waals surface area contributed by atoms with Crippen molar-refractivity contribution in [3.63, 3.8) is 0 Å². The first-order chi connectivity index (χ1) is 15.8. The van der Waals surface area contributed by atoms with Gasteiger partial charge >= 0.3 is 5.97 Å². The van der Waals surface area contributed by atoms with Crippen LogP contribution in [0, 0.1) is 12.7 Å². The van der Waals surface area contributed by atoms with E-state index in [-0.39, 0.29) is 17.4 Å². The lowest BCUT2D eigenvalue weighted by molar-refractivity contribution is 0.0470. The lowest BCUT2D eigenvalue weighted by Crippen LogP contribution is -2.06. The van der Waals surface area contributed by atoms with E-state index in [0.29, 0.717) is 16.3 Å². The van der Waals surface area contributed by atoms with Gasteiger partial charge in [-0.2, -0.15) is 5.10 Å². The van der Waals surface area contributed by atoms with E-state index in [9.17, 15) is 9.18 Å². The Morgan fingerprint density at radius 1 is 1.06 bits per heavy atom. The molecule has 0 spiro atoms. The third-order valence-corrected chi connectivity index (χ3v) is 7.10. The van der Waals surface area contributed by atoms with E-state index < -0.39 is 5.97 Å². The highest BCUT2D eigenvalue weighted by Gasteiger charge is 2.21. The summed E-state index contributed by atoms with van der Waals surface area (Å²) in [6.07, 6.45) is 0. The number of nitrogens with zero attached hydrogens (tertiary/aromatic N) is 2. The van der Waals surface area contributed by atoms with Gasteiger partial charge in [-0.3, -0.25) is 4.68 Å². The molecular formula is C25H19Cl2FN2O2S. The summed E-state index contributed by atoms with van der Waals surface area (Å²) in [5, 5.41) is 6.06. The van der Waals surface area contributed by atoms with Crippen LogP contribution in [0.4, 0.5) is 4.39 Å². The van der Waals surface area contributed by atoms with Crippen LogP contribution in [0.2, 0.25) is 10.0 Å². The number of esters is 1. The average molecular weight is 501 g/mol. The summed E-state index contributed by atoms with van der Waals surface area (Å²) in [5.41, 5.74) is 3.53. The molecule has 1 aromatic heterocycles. The average Bonchev–Trinajstić information content (AvgIpc) is 3.12. The Morgan fingerprint density at radius 3 is 2.55 bits per heavy atom. The van der Waals surface area contributed by atoms with Crippen molar-refractivity contribution < 1.29 is 13.9 Å². The van der Waals surface area contributed by atoms with Gasteiger partial charge in [-0.1, -0.05) is 71.4 Å². The maximum Gasteiger partial charge on any atom is 0.338 e. The van der Waals surface area contributed by atoms with Gasteiger partial charge < -0.3 is 4.74 Å². The Balaban J connectivity index is 1.70. The van der Waals surface area contributed by atoms with E-state index in [1.807, 2.05) is 44.3 Å². The van der Waals surface area contributed by atoms with E-state index in [4.69, 9.17) is 27.9 Å². The number of halogens is 3. The number of aryl methyl sites for hydroxylation is 2. The lowest BCUT2D eigenvalue weighted by atomic mass is 10.1. The zero-order valence-electron chi connectivity index (χ0n) is 17.8. The molecule has 0 fully saturated rings. The van der Waals surface area contributed by atoms with Gasteiger partial charge in [-0.05, 0) is 42.8 Å². The SMILES string of the molecule is Cc1ccc(F)cc1Sc1c(COC(=O)c2ccc(Cl)c(Cl)c2)c(-c2ccccc2)nn1C. The quantitative estimate of drug-likeness (QED) is 0.259. The molecule has 4 nitrogen and oxygen atoms in total. The molecule has 33 heavy (non-hydrogen) atoms. The Morgan fingerprint density at radius 2 is 1.82 bits per heavy atom. The van der Waals surface area contributed by atoms with Crippen LogP contribution in [0.5, 0.6) is 0 Å². The molecular weight excluding hydrogens is 482 g/mol. The summed E-state index contributed by atoms with van der Waals surface area (Å²) in [4.78, 5) is 13.5. The number of hydrogen-bond acceptors (Lipinski definition) is 4. The molecule has 1 heterocycles. The van der Waals surface area contributed by atoms with Crippen molar-refractivity contribution >= 4 is 40.9 Å². The van der Waals surface area contributed by atoms with Gasteiger partial charge in [0.1, 0.15) is 23.1 Å². The molecule has 0 amide bonds. The predicted molar refractivity (Wildman–Crippen MR) is 129 cm³/mol. The van der Waals surface area contributed by atoms with Crippen molar-refractivity contribution in [3.05, 3.63) is 99.3 Å². The fraction of sp³-hybridized carbons (Fsp3) is 0.120. The van der Waals surface area contributed by atoms with Crippen molar-refractivity contribution in [3.8, 4) is 11.3 Å². The predicted octanol–water partition coefficient (Wildman–Crippen LogP) is 7.35. The first-order valence-electron chi connectivity index (χ1n) is 10.0. The van der Waals surface area contributed by atoms with Gasteiger partial charge in [-0.15, -0.1) is 0 Å². The van der Waals surface area contributed by atoms with Crippen LogP contribution in [-0.2, 0) is 18.4 Å². The van der Waals surface area contributed by atoms with E-state index in [2.05, 4.69) is 5.10 Å². The second-order valence-corrected chi connectivity index (χ2v) is 9.18. The standard InChI is InChI=1S/C25H19Cl2FN2O2S/c1-15-8-10-18(28)13-22(15)33-24-19(23(29-30(24)2)16-6-4-3-5-7-16)14-32-25(31)17-9-11-20(26)21(27)12-17/h3-13H,14H2,1-2H3. The number of rotatable bonds is 6. The van der Waals surface area contributed by atoms with Crippen LogP contribution in [0.25, 0.3) is 11.3 Å². The first-order valence-corrected chi connectivity index (χ1v) is 11.6. The summed E-state index contributed by atoms with van der Waals surface area (Å²) < 4.78 is 21.3. The smallest absolute Gasteiger partial charge is 0.338 e. The van der Waals surface area contributed by atoms with Crippen LogP contribution in [0.15, 0.2) is 76.7 Å². The van der Waals surface area contributed by atoms with Crippen LogP contribution >= 0.6 is 35.0 Å². The summed E-state index contributed by atoms with van der Waals surface area (Å²) in [6.45, 7) is 1.90. The molecule has 4 aromatic rings. The third-order valence-electron chi connectivity index (χ3n) is 4.99. The summed E-state index contributed by atoms with van der Waals surface area (Å²) in [5.74, 6) is -0.851. The zero-order valence-corrected chi connectivity index (χ0v) is 20.1. The van der Waals surface area contributed by atoms with Crippen LogP contribution < -0.4 is 0 Å². The second-order valence-electron chi connectivity index (χ2n) is 7.34. The Hall–Kier alpha value is -2.80. The van der Waals surface area contributed by atoms with Crippen LogP contribution in [0.1, 0.15) is 21.5 Å². The summed E-state index contributed by atoms with van der Waals surface area (Å²) >= 11 is 13.4. The highest BCUT2D eigenvalue weighted by atomic mass is 35.5. The normalized spacial score (nSPS) is 10.9. The van der Waals surface area contributed by atoms with Gasteiger partial charge in [-0.25, -0.2) is 9.18 Å². The number of carbonyl (C=O) groups is 1. The maximum atomic E-state index is 13.9. The Labute approximate surface area is 205 Å². The van der Waals surface area contributed by atoms with Crippen molar-refractivity contribution in [1.82, 2.24) is 9.78 Å². The number of benzene rings is 3. The van der Waals surface area contributed by atoms with E-state index >= 15 is 0 Å². The van der Waals surface area contributed by atoms with E-state index in [1.54, 1.807) is 22.9 Å². The molecule has 8 heteroatoms. The molecule has 0 bridgehead atoms. The highest BCUT2D eigenvalue weighted by molar-refractivity contribution is 7.99. The Kier molecular flexibility index (Phi) is 7.08. The van der Waals surface area contributed by atoms with Gasteiger partial charge in [0.15, 0.2) is 0 Å². The maximum absolute atomic E-state index is 13.9. The van der Waals surface area contributed by atoms with Crippen molar-refractivity contribution in [2.24, 2.45) is 7.05 Å². The molecule has 0 aliphatic heterocycles. The molecule has 0 radical (unpaired) electrons. The van der Waals surface area contributed by atoms with Crippen molar-refractivity contribution in [1.29, 1.82) is 0 Å². The van der Waals surface area contributed by atoms with Gasteiger partial charge in [0, 0.05) is 23.1 Å². The molecule has 0 saturated carbocycles. The van der Waals surface area contributed by atoms with E-state index in [1.165, 1.54) is 30.0 Å². The van der Waals surface area contributed by atoms with Gasteiger partial charge in [0.2, 0.25) is 0 Å². The van der Waals surface area contributed by atoms with Gasteiger partial charge in [0.05, 0.1) is 15.6 Å². The number of ether oxygens (including phenoxy) is 1. The molecule has 0 N–H and O–H groups in total. The molecule has 0 atom stereocenters. The monoisotopic (exact) mass is 500 g/mol. The molecule has 3 aromatic carbocycles. The molecule has 0 unspecified atom stereocenters. The molecule has 0 saturated heterocycles. The molecule has 4 rings (SSSR count). The van der Waals surface area contributed by atoms with E-state index in [0.717, 1.165) is 26.6 Å². The minimum absolute atomic E-state index is 0.0200. The topological polar surface area (TPSA) is 44.1 Å². The molecule has 0 aliphatic rings. The second kappa shape index (κ2) is 10.00. The van der Waals surface area contributed by atoms with Gasteiger partial charge in [0.25, 0.3) is 0 Å². The fourth-order valence-electron chi connectivity index (χ4n) is 3.27. The number of carbonyl (C=O) groups excluding carboxylic acids is 1. The number of aromatic nitrogens is 2. The number of hydrogen-bond donors (Lipinski definition) is 0. The summed E-state index contributed by atoms with van der Waals surface area (Å²) in [6, 6.07) is 18.9. The van der Waals surface area contributed by atoms with Crippen LogP contribution in [-0.4, -0.2) is 15.7 Å². The highest BCUT2D eigenvalue weighted by Crippen LogP contribution is 2.37. The lowest BCUT2D eigenvalue weighted by Gasteiger charge is -2.11. The summed E-state index contributed by atoms with van der Waals surface area (Å²) in [7, 11) is 1.81. The third kappa shape index (κ3) is 5.24. The zero-order chi connectivity index (χ0) is 23.5.